The highest BCUT2D eigenvalue weighted by molar-refractivity contribution is 6.34. The van der Waals surface area contributed by atoms with Crippen LogP contribution in [0, 0.1) is 5.41 Å². The van der Waals surface area contributed by atoms with Gasteiger partial charge in [-0.3, -0.25) is 14.6 Å². The van der Waals surface area contributed by atoms with Gasteiger partial charge in [-0.15, -0.1) is 0 Å². The van der Waals surface area contributed by atoms with E-state index >= 15 is 0 Å². The molecule has 2 amide bonds. The summed E-state index contributed by atoms with van der Waals surface area (Å²) >= 11 is 12.0. The molecule has 2 saturated heterocycles. The molecule has 2 aliphatic heterocycles. The summed E-state index contributed by atoms with van der Waals surface area (Å²) in [5.74, 6) is -0.660. The number of H-pyrrole nitrogens is 1. The van der Waals surface area contributed by atoms with E-state index in [4.69, 9.17) is 27.6 Å². The number of piperidine rings is 1. The molecule has 2 fully saturated rings. The summed E-state index contributed by atoms with van der Waals surface area (Å²) in [6, 6.07) is 10.1. The molecule has 33 heavy (non-hydrogen) atoms. The second kappa shape index (κ2) is 8.39. The van der Waals surface area contributed by atoms with Gasteiger partial charge in [0.25, 0.3) is 5.91 Å². The predicted octanol–water partition coefficient (Wildman–Crippen LogP) is 4.21. The smallest absolute Gasteiger partial charge is 0.408 e. The number of nitrogens with zero attached hydrogens (tertiary/aromatic N) is 2. The van der Waals surface area contributed by atoms with Crippen molar-refractivity contribution in [1.29, 1.82) is 0 Å². The maximum atomic E-state index is 12.8. The number of likely N-dealkylation sites (tertiary alicyclic amines) is 2. The largest absolute Gasteiger partial charge is 0.417 e. The zero-order chi connectivity index (χ0) is 23.2. The van der Waals surface area contributed by atoms with E-state index in [9.17, 15) is 14.4 Å². The molecule has 0 saturated carbocycles. The minimum Gasteiger partial charge on any atom is -0.408 e. The van der Waals surface area contributed by atoms with Gasteiger partial charge < -0.3 is 14.2 Å². The number of carbonyl (C=O) groups excluding carboxylic acids is 2. The first-order valence-corrected chi connectivity index (χ1v) is 11.4. The van der Waals surface area contributed by atoms with Gasteiger partial charge in [0.15, 0.2) is 5.58 Å². The van der Waals surface area contributed by atoms with Crippen molar-refractivity contribution in [3.63, 3.8) is 0 Å². The third kappa shape index (κ3) is 4.43. The Bertz CT molecular complexity index is 1310. The fraction of sp³-hybridized carbons (Fsp3) is 0.292. The molecule has 170 valence electrons. The van der Waals surface area contributed by atoms with Crippen molar-refractivity contribution in [1.82, 2.24) is 14.8 Å². The lowest BCUT2D eigenvalue weighted by atomic mass is 9.71. The number of oxazole rings is 1. The number of hydrogen-bond acceptors (Lipinski definition) is 4. The second-order valence-electron chi connectivity index (χ2n) is 8.75. The number of aromatic amines is 1. The number of aromatic nitrogens is 1. The van der Waals surface area contributed by atoms with Crippen molar-refractivity contribution in [2.24, 2.45) is 5.41 Å². The van der Waals surface area contributed by atoms with Crippen molar-refractivity contribution in [2.45, 2.75) is 12.8 Å². The van der Waals surface area contributed by atoms with Gasteiger partial charge in [0, 0.05) is 53.3 Å². The Morgan fingerprint density at radius 2 is 1.70 bits per heavy atom. The summed E-state index contributed by atoms with van der Waals surface area (Å²) in [5.41, 5.74) is 2.28. The average Bonchev–Trinajstić information content (AvgIpc) is 3.14. The van der Waals surface area contributed by atoms with Gasteiger partial charge >= 0.3 is 5.76 Å². The lowest BCUT2D eigenvalue weighted by Gasteiger charge is -2.53. The minimum atomic E-state index is -0.537. The average molecular weight is 486 g/mol. The molecule has 9 heteroatoms. The van der Waals surface area contributed by atoms with Crippen LogP contribution in [0.25, 0.3) is 17.2 Å². The fourth-order valence-corrected chi connectivity index (χ4v) is 5.17. The van der Waals surface area contributed by atoms with Crippen LogP contribution >= 0.6 is 23.2 Å². The summed E-state index contributed by atoms with van der Waals surface area (Å²) in [6.07, 6.45) is 4.97. The van der Waals surface area contributed by atoms with E-state index in [1.165, 1.54) is 0 Å². The maximum Gasteiger partial charge on any atom is 0.417 e. The molecule has 0 aliphatic carbocycles. The zero-order valence-electron chi connectivity index (χ0n) is 17.6. The number of amides is 2. The molecule has 1 spiro atoms. The number of benzene rings is 2. The van der Waals surface area contributed by atoms with Gasteiger partial charge in [-0.1, -0.05) is 23.2 Å². The quantitative estimate of drug-likeness (QED) is 0.563. The Morgan fingerprint density at radius 3 is 2.39 bits per heavy atom. The molecule has 7 nitrogen and oxygen atoms in total. The van der Waals surface area contributed by atoms with E-state index < -0.39 is 5.76 Å². The van der Waals surface area contributed by atoms with Crippen LogP contribution in [0.3, 0.4) is 0 Å². The van der Waals surface area contributed by atoms with E-state index in [1.807, 2.05) is 9.80 Å². The highest BCUT2D eigenvalue weighted by Crippen LogP contribution is 2.41. The molecular weight excluding hydrogens is 465 g/mol. The molecule has 1 aromatic heterocycles. The molecule has 1 N–H and O–H groups in total. The Kier molecular flexibility index (Phi) is 5.54. The van der Waals surface area contributed by atoms with Crippen LogP contribution in [-0.4, -0.2) is 52.8 Å². The first kappa shape index (κ1) is 21.8. The monoisotopic (exact) mass is 485 g/mol. The molecular formula is C24H21Cl2N3O4. The van der Waals surface area contributed by atoms with Gasteiger partial charge in [-0.05, 0) is 60.9 Å². The second-order valence-corrected chi connectivity index (χ2v) is 9.62. The number of hydrogen-bond donors (Lipinski definition) is 1. The van der Waals surface area contributed by atoms with Crippen molar-refractivity contribution in [3.8, 4) is 0 Å². The van der Waals surface area contributed by atoms with Crippen LogP contribution in [0.1, 0.15) is 28.8 Å². The van der Waals surface area contributed by atoms with Crippen LogP contribution in [0.5, 0.6) is 0 Å². The van der Waals surface area contributed by atoms with Gasteiger partial charge in [-0.25, -0.2) is 4.79 Å². The molecule has 2 aromatic carbocycles. The Morgan fingerprint density at radius 1 is 1.00 bits per heavy atom. The highest BCUT2D eigenvalue weighted by atomic mass is 35.5. The topological polar surface area (TPSA) is 86.6 Å². The van der Waals surface area contributed by atoms with Gasteiger partial charge in [-0.2, -0.15) is 0 Å². The van der Waals surface area contributed by atoms with Crippen LogP contribution in [-0.2, 0) is 4.79 Å². The van der Waals surface area contributed by atoms with Crippen LogP contribution in [0.4, 0.5) is 0 Å². The van der Waals surface area contributed by atoms with Gasteiger partial charge in [0.2, 0.25) is 5.91 Å². The number of halogens is 2. The van der Waals surface area contributed by atoms with E-state index in [2.05, 4.69) is 4.98 Å². The van der Waals surface area contributed by atoms with Crippen molar-refractivity contribution < 1.29 is 14.0 Å². The standard InChI is InChI=1S/C24H21Cl2N3O4/c25-17-9-15(10-18(26)12-17)1-4-21(30)28-7-5-24(6-8-28)13-29(14-24)22(31)16-2-3-19-20(11-16)33-23(32)27-19/h1-4,9-12H,5-8,13-14H2,(H,27,32). The third-order valence-electron chi connectivity index (χ3n) is 6.45. The summed E-state index contributed by atoms with van der Waals surface area (Å²) in [4.78, 5) is 43.0. The van der Waals surface area contributed by atoms with Crippen LogP contribution in [0.15, 0.2) is 51.7 Å². The van der Waals surface area contributed by atoms with Crippen molar-refractivity contribution in [3.05, 3.63) is 74.2 Å². The maximum absolute atomic E-state index is 12.8. The molecule has 0 unspecified atom stereocenters. The molecule has 2 aliphatic rings. The van der Waals surface area contributed by atoms with Gasteiger partial charge in [0.05, 0.1) is 5.52 Å². The van der Waals surface area contributed by atoms with E-state index in [0.29, 0.717) is 52.9 Å². The Hall–Kier alpha value is -3.03. The van der Waals surface area contributed by atoms with E-state index in [1.54, 1.807) is 48.6 Å². The van der Waals surface area contributed by atoms with E-state index in [-0.39, 0.29) is 17.2 Å². The molecule has 3 aromatic rings. The number of carbonyl (C=O) groups is 2. The highest BCUT2D eigenvalue weighted by Gasteiger charge is 2.47. The molecule has 0 radical (unpaired) electrons. The van der Waals surface area contributed by atoms with E-state index in [0.717, 1.165) is 18.4 Å². The summed E-state index contributed by atoms with van der Waals surface area (Å²) in [6.45, 7) is 2.64. The zero-order valence-corrected chi connectivity index (χ0v) is 19.2. The van der Waals surface area contributed by atoms with Crippen LogP contribution < -0.4 is 5.76 Å². The minimum absolute atomic E-state index is 0.0468. The Balaban J connectivity index is 1.16. The summed E-state index contributed by atoms with van der Waals surface area (Å²) in [7, 11) is 0. The fourth-order valence-electron chi connectivity index (χ4n) is 4.63. The number of fused-ring (bicyclic) bond motifs is 1. The predicted molar refractivity (Wildman–Crippen MR) is 126 cm³/mol. The lowest BCUT2D eigenvalue weighted by Crippen LogP contribution is -2.62. The molecule has 0 bridgehead atoms. The number of nitrogens with one attached hydrogen (secondary N) is 1. The molecule has 0 atom stereocenters. The summed E-state index contributed by atoms with van der Waals surface area (Å²) < 4.78 is 5.06. The normalized spacial score (nSPS) is 17.6. The van der Waals surface area contributed by atoms with Crippen LogP contribution in [0.2, 0.25) is 10.0 Å². The van der Waals surface area contributed by atoms with Crippen molar-refractivity contribution in [2.75, 3.05) is 26.2 Å². The van der Waals surface area contributed by atoms with Gasteiger partial charge in [0.1, 0.15) is 0 Å². The summed E-state index contributed by atoms with van der Waals surface area (Å²) in [5, 5.41) is 1.05. The third-order valence-corrected chi connectivity index (χ3v) is 6.88. The Labute approximate surface area is 199 Å². The number of rotatable bonds is 3. The molecule has 3 heterocycles. The van der Waals surface area contributed by atoms with Crippen molar-refractivity contribution >= 4 is 52.2 Å². The first-order valence-electron chi connectivity index (χ1n) is 10.7. The lowest BCUT2D eigenvalue weighted by molar-refractivity contribution is -0.130. The molecule has 5 rings (SSSR count). The first-order chi connectivity index (χ1) is 15.8. The SMILES string of the molecule is O=C(C=Cc1cc(Cl)cc(Cl)c1)N1CCC2(CC1)CN(C(=O)c1ccc3[nH]c(=O)oc3c1)C2.